The third-order valence-corrected chi connectivity index (χ3v) is 6.51. The molecule has 9 nitrogen and oxygen atoms in total. The fourth-order valence-electron chi connectivity index (χ4n) is 3.83. The maximum absolute atomic E-state index is 12.9. The molecule has 0 saturated heterocycles. The Morgan fingerprint density at radius 1 is 1.19 bits per heavy atom. The molecule has 0 spiro atoms. The van der Waals surface area contributed by atoms with Crippen LogP contribution in [0.2, 0.25) is 0 Å². The highest BCUT2D eigenvalue weighted by Gasteiger charge is 2.23. The highest BCUT2D eigenvalue weighted by Crippen LogP contribution is 2.30. The zero-order valence-electron chi connectivity index (χ0n) is 17.9. The largest absolute Gasteiger partial charge is 0.467 e. The molecule has 0 aliphatic heterocycles. The lowest BCUT2D eigenvalue weighted by Gasteiger charge is -2.22. The molecule has 1 aliphatic rings. The third kappa shape index (κ3) is 5.18. The standard InChI is InChI=1S/C22H26N6O3S/c1-27(19-12-6-5-11-18(19)21(30)23-14-17-10-7-13-31-17)20(29)15-32-22-24-25-26-28(22)16-8-3-2-4-9-16/h5-7,10-13,16H,2-4,8-9,14-15H2,1H3,(H,23,30). The maximum atomic E-state index is 12.9. The Balaban J connectivity index is 1.39. The van der Waals surface area contributed by atoms with Gasteiger partial charge in [-0.05, 0) is 47.5 Å². The van der Waals surface area contributed by atoms with Gasteiger partial charge in [0.05, 0.1) is 35.9 Å². The number of carbonyl (C=O) groups is 2. The summed E-state index contributed by atoms with van der Waals surface area (Å²) in [6.45, 7) is 0.275. The van der Waals surface area contributed by atoms with Crippen molar-refractivity contribution in [2.45, 2.75) is 49.8 Å². The van der Waals surface area contributed by atoms with E-state index in [1.807, 2.05) is 4.68 Å². The summed E-state index contributed by atoms with van der Waals surface area (Å²) >= 11 is 1.32. The van der Waals surface area contributed by atoms with Crippen molar-refractivity contribution in [1.82, 2.24) is 25.5 Å². The van der Waals surface area contributed by atoms with Crippen LogP contribution in [0.3, 0.4) is 0 Å². The van der Waals surface area contributed by atoms with E-state index in [9.17, 15) is 9.59 Å². The van der Waals surface area contributed by atoms with Crippen LogP contribution >= 0.6 is 11.8 Å². The van der Waals surface area contributed by atoms with Gasteiger partial charge in [0.25, 0.3) is 5.91 Å². The van der Waals surface area contributed by atoms with Crippen LogP contribution in [0, 0.1) is 0 Å². The number of hydrogen-bond acceptors (Lipinski definition) is 7. The molecule has 1 aromatic carbocycles. The summed E-state index contributed by atoms with van der Waals surface area (Å²) in [5, 5.41) is 15.6. The quantitative estimate of drug-likeness (QED) is 0.520. The second-order valence-electron chi connectivity index (χ2n) is 7.72. The Morgan fingerprint density at radius 2 is 2.00 bits per heavy atom. The van der Waals surface area contributed by atoms with Crippen LogP contribution in [0.15, 0.2) is 52.2 Å². The number of nitrogens with one attached hydrogen (secondary N) is 1. The van der Waals surface area contributed by atoms with E-state index in [2.05, 4.69) is 20.8 Å². The Morgan fingerprint density at radius 3 is 2.78 bits per heavy atom. The second kappa shape index (κ2) is 10.4. The Labute approximate surface area is 190 Å². The van der Waals surface area contributed by atoms with Gasteiger partial charge < -0.3 is 14.6 Å². The van der Waals surface area contributed by atoms with E-state index in [-0.39, 0.29) is 24.1 Å². The van der Waals surface area contributed by atoms with E-state index in [0.29, 0.717) is 28.2 Å². The minimum atomic E-state index is -0.273. The van der Waals surface area contributed by atoms with Crippen molar-refractivity contribution in [3.8, 4) is 0 Å². The van der Waals surface area contributed by atoms with Crippen LogP contribution < -0.4 is 10.2 Å². The lowest BCUT2D eigenvalue weighted by molar-refractivity contribution is -0.115. The average Bonchev–Trinajstić information content (AvgIpc) is 3.53. The van der Waals surface area contributed by atoms with Crippen molar-refractivity contribution in [3.05, 3.63) is 54.0 Å². The van der Waals surface area contributed by atoms with Gasteiger partial charge in [0.2, 0.25) is 11.1 Å². The molecule has 1 N–H and O–H groups in total. The number of para-hydroxylation sites is 1. The molecule has 1 aliphatic carbocycles. The number of nitrogens with zero attached hydrogens (tertiary/aromatic N) is 5. The number of carbonyl (C=O) groups excluding carboxylic acids is 2. The first-order valence-corrected chi connectivity index (χ1v) is 11.7. The molecule has 0 unspecified atom stereocenters. The van der Waals surface area contributed by atoms with Crippen LogP contribution in [0.1, 0.15) is 54.3 Å². The number of thioether (sulfide) groups is 1. The third-order valence-electron chi connectivity index (χ3n) is 5.60. The predicted octanol–water partition coefficient (Wildman–Crippen LogP) is 3.46. The van der Waals surface area contributed by atoms with E-state index in [1.54, 1.807) is 49.7 Å². The van der Waals surface area contributed by atoms with Gasteiger partial charge in [-0.3, -0.25) is 9.59 Å². The molecule has 4 rings (SSSR count). The fraction of sp³-hybridized carbons (Fsp3) is 0.409. The van der Waals surface area contributed by atoms with Crippen molar-refractivity contribution in [1.29, 1.82) is 0 Å². The van der Waals surface area contributed by atoms with Gasteiger partial charge in [0.1, 0.15) is 5.76 Å². The van der Waals surface area contributed by atoms with Crippen molar-refractivity contribution in [3.63, 3.8) is 0 Å². The zero-order chi connectivity index (χ0) is 22.3. The average molecular weight is 455 g/mol. The van der Waals surface area contributed by atoms with Gasteiger partial charge >= 0.3 is 0 Å². The van der Waals surface area contributed by atoms with Gasteiger partial charge in [-0.25, -0.2) is 4.68 Å². The van der Waals surface area contributed by atoms with Crippen molar-refractivity contribution in [2.24, 2.45) is 0 Å². The number of benzene rings is 1. The van der Waals surface area contributed by atoms with Crippen LogP contribution in [0.5, 0.6) is 0 Å². The molecule has 10 heteroatoms. The summed E-state index contributed by atoms with van der Waals surface area (Å²) in [5.41, 5.74) is 0.967. The Hall–Kier alpha value is -3.14. The maximum Gasteiger partial charge on any atom is 0.253 e. The normalized spacial score (nSPS) is 14.3. The minimum absolute atomic E-state index is 0.139. The van der Waals surface area contributed by atoms with Gasteiger partial charge in [-0.2, -0.15) is 0 Å². The van der Waals surface area contributed by atoms with E-state index < -0.39 is 0 Å². The Kier molecular flexibility index (Phi) is 7.21. The first-order chi connectivity index (χ1) is 15.6. The first kappa shape index (κ1) is 22.1. The van der Waals surface area contributed by atoms with Crippen LogP contribution in [-0.2, 0) is 11.3 Å². The smallest absolute Gasteiger partial charge is 0.253 e. The van der Waals surface area contributed by atoms with Crippen molar-refractivity contribution >= 4 is 29.3 Å². The molecule has 168 valence electrons. The van der Waals surface area contributed by atoms with Crippen molar-refractivity contribution < 1.29 is 14.0 Å². The van der Waals surface area contributed by atoms with Crippen LogP contribution in [0.4, 0.5) is 5.69 Å². The van der Waals surface area contributed by atoms with Gasteiger partial charge in [-0.1, -0.05) is 43.2 Å². The van der Waals surface area contributed by atoms with E-state index in [4.69, 9.17) is 4.42 Å². The number of amides is 2. The fourth-order valence-corrected chi connectivity index (χ4v) is 4.68. The number of aromatic nitrogens is 4. The molecule has 2 heterocycles. The highest BCUT2D eigenvalue weighted by molar-refractivity contribution is 7.99. The lowest BCUT2D eigenvalue weighted by atomic mass is 9.96. The second-order valence-corrected chi connectivity index (χ2v) is 8.66. The predicted molar refractivity (Wildman–Crippen MR) is 120 cm³/mol. The topological polar surface area (TPSA) is 106 Å². The molecule has 0 atom stereocenters. The molecule has 1 saturated carbocycles. The molecular formula is C22H26N6O3S. The molecule has 3 aromatic rings. The lowest BCUT2D eigenvalue weighted by Crippen LogP contribution is -2.31. The molecule has 2 amide bonds. The summed E-state index contributed by atoms with van der Waals surface area (Å²) in [5.74, 6) is 0.420. The van der Waals surface area contributed by atoms with Gasteiger partial charge in [0.15, 0.2) is 0 Å². The molecule has 0 bridgehead atoms. The van der Waals surface area contributed by atoms with E-state index >= 15 is 0 Å². The van der Waals surface area contributed by atoms with Gasteiger partial charge in [-0.15, -0.1) is 5.10 Å². The van der Waals surface area contributed by atoms with E-state index in [1.165, 1.54) is 35.9 Å². The molecule has 0 radical (unpaired) electrons. The summed E-state index contributed by atoms with van der Waals surface area (Å²) in [4.78, 5) is 27.2. The molecule has 2 aromatic heterocycles. The minimum Gasteiger partial charge on any atom is -0.467 e. The SMILES string of the molecule is CN(C(=O)CSc1nnnn1C1CCCCC1)c1ccccc1C(=O)NCc1ccco1. The Bertz CT molecular complexity index is 1050. The van der Waals surface area contributed by atoms with Crippen LogP contribution in [-0.4, -0.2) is 44.8 Å². The van der Waals surface area contributed by atoms with E-state index in [0.717, 1.165) is 12.8 Å². The first-order valence-electron chi connectivity index (χ1n) is 10.7. The number of rotatable bonds is 8. The summed E-state index contributed by atoms with van der Waals surface area (Å²) in [6, 6.07) is 10.9. The molecular weight excluding hydrogens is 428 g/mol. The summed E-state index contributed by atoms with van der Waals surface area (Å²) < 4.78 is 7.11. The molecule has 32 heavy (non-hydrogen) atoms. The number of furan rings is 1. The monoisotopic (exact) mass is 454 g/mol. The zero-order valence-corrected chi connectivity index (χ0v) is 18.8. The number of hydrogen-bond donors (Lipinski definition) is 1. The summed E-state index contributed by atoms with van der Waals surface area (Å²) in [7, 11) is 1.67. The van der Waals surface area contributed by atoms with Crippen molar-refractivity contribution in [2.75, 3.05) is 17.7 Å². The van der Waals surface area contributed by atoms with Crippen LogP contribution in [0.25, 0.3) is 0 Å². The number of tetrazole rings is 1. The summed E-state index contributed by atoms with van der Waals surface area (Å²) in [6.07, 6.45) is 7.28. The number of anilines is 1. The highest BCUT2D eigenvalue weighted by atomic mass is 32.2. The van der Waals surface area contributed by atoms with Gasteiger partial charge in [0, 0.05) is 7.05 Å². The molecule has 1 fully saturated rings.